The van der Waals surface area contributed by atoms with Crippen molar-refractivity contribution in [2.75, 3.05) is 13.2 Å². The van der Waals surface area contributed by atoms with Crippen molar-refractivity contribution < 1.29 is 40.6 Å². The highest BCUT2D eigenvalue weighted by Crippen LogP contribution is 2.46. The summed E-state index contributed by atoms with van der Waals surface area (Å²) in [5.41, 5.74) is -4.51. The van der Waals surface area contributed by atoms with Gasteiger partial charge >= 0.3 is 12.1 Å². The number of ether oxygens (including phenoxy) is 1. The van der Waals surface area contributed by atoms with Gasteiger partial charge in [-0.1, -0.05) is 23.4 Å². The van der Waals surface area contributed by atoms with E-state index in [4.69, 9.17) is 5.84 Å². The zero-order chi connectivity index (χ0) is 27.3. The van der Waals surface area contributed by atoms with Crippen LogP contribution >= 0.6 is 0 Å². The van der Waals surface area contributed by atoms with Crippen LogP contribution in [0.1, 0.15) is 11.3 Å². The van der Waals surface area contributed by atoms with Gasteiger partial charge in [-0.15, -0.1) is 5.11 Å². The zero-order valence-corrected chi connectivity index (χ0v) is 18.6. The predicted molar refractivity (Wildman–Crippen MR) is 118 cm³/mol. The second-order valence-corrected chi connectivity index (χ2v) is 7.61. The summed E-state index contributed by atoms with van der Waals surface area (Å²) >= 11 is 0. The molecule has 3 N–H and O–H groups in total. The van der Waals surface area contributed by atoms with Crippen molar-refractivity contribution >= 4 is 6.34 Å². The molecule has 1 atom stereocenters. The first-order valence-electron chi connectivity index (χ1n) is 10.3. The van der Waals surface area contributed by atoms with Crippen molar-refractivity contribution in [1.82, 2.24) is 4.98 Å². The third kappa shape index (κ3) is 6.39. The van der Waals surface area contributed by atoms with Gasteiger partial charge in [-0.05, 0) is 35.9 Å². The molecular weight excluding hydrogens is 511 g/mol. The summed E-state index contributed by atoms with van der Waals surface area (Å²) < 4.78 is 101. The van der Waals surface area contributed by atoms with Crippen molar-refractivity contribution in [1.29, 1.82) is 0 Å². The van der Waals surface area contributed by atoms with Gasteiger partial charge in [0.05, 0.1) is 6.54 Å². The summed E-state index contributed by atoms with van der Waals surface area (Å²) in [5.74, 6) is -2.00. The normalized spacial score (nSPS) is 14.3. The number of nitrogens with two attached hydrogens (primary N) is 1. The molecule has 0 saturated carbocycles. The van der Waals surface area contributed by atoms with Crippen molar-refractivity contribution in [3.05, 3.63) is 83.7 Å². The maximum Gasteiger partial charge on any atom is 0.422 e. The highest BCUT2D eigenvalue weighted by molar-refractivity contribution is 5.63. The van der Waals surface area contributed by atoms with E-state index < -0.39 is 53.7 Å². The minimum atomic E-state index is -4.51. The zero-order valence-electron chi connectivity index (χ0n) is 18.6. The number of hydrogen-bond acceptors (Lipinski definition) is 5. The number of benzene rings is 2. The molecule has 0 bridgehead atoms. The lowest BCUT2D eigenvalue weighted by atomic mass is 9.84. The van der Waals surface area contributed by atoms with Gasteiger partial charge in [0.15, 0.2) is 12.2 Å². The van der Waals surface area contributed by atoms with Gasteiger partial charge in [-0.3, -0.25) is 9.98 Å². The number of pyridine rings is 1. The number of nitrogens with zero attached hydrogens (tertiary/aromatic N) is 4. The van der Waals surface area contributed by atoms with Gasteiger partial charge in [0.25, 0.3) is 0 Å². The lowest BCUT2D eigenvalue weighted by Gasteiger charge is -2.34. The van der Waals surface area contributed by atoms with Crippen molar-refractivity contribution in [2.45, 2.75) is 17.7 Å². The summed E-state index contributed by atoms with van der Waals surface area (Å²) in [6.45, 7) is -2.60. The summed E-state index contributed by atoms with van der Waals surface area (Å²) in [6, 6.07) is 9.09. The molecule has 37 heavy (non-hydrogen) atoms. The van der Waals surface area contributed by atoms with Crippen molar-refractivity contribution in [3.8, 4) is 16.9 Å². The van der Waals surface area contributed by atoms with Gasteiger partial charge in [0, 0.05) is 23.4 Å². The molecule has 3 rings (SSSR count). The van der Waals surface area contributed by atoms with E-state index in [9.17, 15) is 27.1 Å². The van der Waals surface area contributed by atoms with E-state index >= 15 is 8.78 Å². The Hall–Kier alpha value is -4.07. The Morgan fingerprint density at radius 2 is 1.62 bits per heavy atom. The molecule has 0 amide bonds. The number of rotatable bonds is 9. The molecule has 0 aliphatic rings. The first kappa shape index (κ1) is 27.5. The van der Waals surface area contributed by atoms with E-state index in [0.29, 0.717) is 35.7 Å². The molecule has 3 aromatic rings. The first-order valence-corrected chi connectivity index (χ1v) is 10.3. The van der Waals surface area contributed by atoms with E-state index in [1.165, 1.54) is 30.3 Å². The molecule has 1 heterocycles. The fourth-order valence-corrected chi connectivity index (χ4v) is 3.29. The summed E-state index contributed by atoms with van der Waals surface area (Å²) in [6.07, 6.45) is -2.81. The molecule has 14 heteroatoms. The van der Waals surface area contributed by atoms with Gasteiger partial charge < -0.3 is 15.7 Å². The van der Waals surface area contributed by atoms with Gasteiger partial charge in [0.1, 0.15) is 29.4 Å². The molecule has 2 aromatic carbocycles. The summed E-state index contributed by atoms with van der Waals surface area (Å²) in [4.78, 5) is 7.20. The van der Waals surface area contributed by atoms with Crippen LogP contribution in [0, 0.1) is 11.6 Å². The lowest BCUT2D eigenvalue weighted by molar-refractivity contribution is -0.193. The van der Waals surface area contributed by atoms with Gasteiger partial charge in [-0.25, -0.2) is 8.78 Å². The Balaban J connectivity index is 1.92. The summed E-state index contributed by atoms with van der Waals surface area (Å²) in [5, 5.41) is 17.0. The molecule has 196 valence electrons. The van der Waals surface area contributed by atoms with Gasteiger partial charge in [-0.2, -0.15) is 22.0 Å². The molecule has 0 radical (unpaired) electrons. The SMILES string of the molecule is NN=NC=NCC(O)(c1ccc(F)cc1F)C(F)(F)c1ccc(-c2ccc(OCC(F)(F)F)cc2)cn1. The maximum atomic E-state index is 15.6. The quantitative estimate of drug-likeness (QED) is 0.0980. The number of hydrogen-bond donors (Lipinski definition) is 2. The molecule has 0 saturated heterocycles. The van der Waals surface area contributed by atoms with E-state index in [1.54, 1.807) is 0 Å². The third-order valence-corrected chi connectivity index (χ3v) is 5.09. The second-order valence-electron chi connectivity index (χ2n) is 7.61. The molecule has 0 aliphatic carbocycles. The Morgan fingerprint density at radius 1 is 0.946 bits per heavy atom. The van der Waals surface area contributed by atoms with E-state index in [2.05, 4.69) is 25.1 Å². The van der Waals surface area contributed by atoms with E-state index in [0.717, 1.165) is 12.3 Å². The van der Waals surface area contributed by atoms with Crippen molar-refractivity contribution in [3.63, 3.8) is 0 Å². The van der Waals surface area contributed by atoms with E-state index in [1.807, 2.05) is 0 Å². The third-order valence-electron chi connectivity index (χ3n) is 5.09. The standard InChI is InChI=1S/C23H18F7N5O2/c24-16-4-7-18(19(25)9-16)21(36,11-32-13-34-35-31)23(29,30)20-8-3-15(10-33-20)14-1-5-17(6-2-14)37-12-22(26,27)28/h1-10,13,36H,11-12H2,(H2,31,32,34). The fraction of sp³-hybridized carbons (Fsp3) is 0.217. The highest BCUT2D eigenvalue weighted by Gasteiger charge is 2.57. The van der Waals surface area contributed by atoms with Crippen LogP contribution in [0.25, 0.3) is 11.1 Å². The van der Waals surface area contributed by atoms with Crippen LogP contribution in [0.4, 0.5) is 30.7 Å². The number of aliphatic hydroxyl groups is 1. The fourth-order valence-electron chi connectivity index (χ4n) is 3.29. The minimum absolute atomic E-state index is 0.0571. The first-order chi connectivity index (χ1) is 17.4. The van der Waals surface area contributed by atoms with Crippen LogP contribution in [0.3, 0.4) is 0 Å². The molecule has 1 aromatic heterocycles. The molecule has 0 spiro atoms. The van der Waals surface area contributed by atoms with E-state index in [-0.39, 0.29) is 5.75 Å². The monoisotopic (exact) mass is 529 g/mol. The molecule has 7 nitrogen and oxygen atoms in total. The van der Waals surface area contributed by atoms with Crippen molar-refractivity contribution in [2.24, 2.45) is 21.2 Å². The highest BCUT2D eigenvalue weighted by atomic mass is 19.4. The predicted octanol–water partition coefficient (Wildman–Crippen LogP) is 5.30. The van der Waals surface area contributed by atoms with Crippen LogP contribution in [0.15, 0.2) is 76.1 Å². The second kappa shape index (κ2) is 10.9. The number of aromatic nitrogens is 1. The Morgan fingerprint density at radius 3 is 2.19 bits per heavy atom. The number of halogens is 7. The van der Waals surface area contributed by atoms with Crippen LogP contribution in [-0.4, -0.2) is 35.8 Å². The van der Waals surface area contributed by atoms with Crippen LogP contribution in [0.2, 0.25) is 0 Å². The Bertz CT molecular complexity index is 1270. The topological polar surface area (TPSA) is 105 Å². The smallest absolute Gasteiger partial charge is 0.422 e. The van der Waals surface area contributed by atoms with Crippen LogP contribution in [-0.2, 0) is 11.5 Å². The largest absolute Gasteiger partial charge is 0.484 e. The summed E-state index contributed by atoms with van der Waals surface area (Å²) in [7, 11) is 0. The lowest BCUT2D eigenvalue weighted by Crippen LogP contribution is -2.47. The van der Waals surface area contributed by atoms with Gasteiger partial charge in [0.2, 0.25) is 0 Å². The molecular formula is C23H18F7N5O2. The average Bonchev–Trinajstić information content (AvgIpc) is 2.85. The van der Waals surface area contributed by atoms with Crippen LogP contribution in [0.5, 0.6) is 5.75 Å². The minimum Gasteiger partial charge on any atom is -0.484 e. The average molecular weight is 529 g/mol. The number of alkyl halides is 5. The molecule has 1 unspecified atom stereocenters. The Kier molecular flexibility index (Phi) is 8.11. The molecule has 0 aliphatic heterocycles. The van der Waals surface area contributed by atoms with Crippen LogP contribution < -0.4 is 10.6 Å². The maximum absolute atomic E-state index is 15.6. The Labute approximate surface area is 205 Å². The number of aliphatic imine (C=N–C) groups is 1. The molecule has 0 fully saturated rings.